The number of aliphatic hydroxyl groups excluding tert-OH is 1. The molecule has 2 heterocycles. The summed E-state index contributed by atoms with van der Waals surface area (Å²) >= 11 is 0.879. The molecular weight excluding hydrogens is 571 g/mol. The summed E-state index contributed by atoms with van der Waals surface area (Å²) in [5.41, 5.74) is 2.38. The molecule has 1 unspecified atom stereocenters. The number of Topliss-reactive ketones (excluding diaryl/α,β-unsaturated/α-hetero) is 1. The highest BCUT2D eigenvalue weighted by Crippen LogP contribution is 2.44. The third kappa shape index (κ3) is 5.96. The van der Waals surface area contributed by atoms with E-state index in [1.54, 1.807) is 32.0 Å². The Labute approximate surface area is 251 Å². The lowest BCUT2D eigenvalue weighted by Gasteiger charge is -2.23. The van der Waals surface area contributed by atoms with E-state index in [2.05, 4.69) is 11.6 Å². The van der Waals surface area contributed by atoms with Crippen molar-refractivity contribution in [1.29, 1.82) is 0 Å². The van der Waals surface area contributed by atoms with E-state index in [0.717, 1.165) is 21.8 Å². The fraction of sp³-hybridized carbons (Fsp3) is 0.152. The number of amides is 1. The van der Waals surface area contributed by atoms with Crippen LogP contribution in [-0.2, 0) is 20.9 Å². The minimum atomic E-state index is -1.14. The molecule has 5 rings (SSSR count). The van der Waals surface area contributed by atoms with Gasteiger partial charge in [0.05, 0.1) is 17.3 Å². The summed E-state index contributed by atoms with van der Waals surface area (Å²) in [4.78, 5) is 45.3. The molecule has 218 valence electrons. The number of ether oxygens (including phenoxy) is 2. The van der Waals surface area contributed by atoms with Gasteiger partial charge in [-0.15, -0.1) is 0 Å². The Kier molecular flexibility index (Phi) is 8.49. The Hall–Kier alpha value is -5.09. The SMILES string of the molecule is C=CCOC(=O)c1sc(N2C(=O)C(=O)/C(=C(\O)c3ccc(OCc4ccccc4)cc3C)C2c2ccc(F)cc2)nc1C. The van der Waals surface area contributed by atoms with Gasteiger partial charge >= 0.3 is 11.9 Å². The zero-order valence-electron chi connectivity index (χ0n) is 23.4. The van der Waals surface area contributed by atoms with Gasteiger partial charge < -0.3 is 14.6 Å². The van der Waals surface area contributed by atoms with Crippen molar-refractivity contribution < 1.29 is 33.4 Å². The van der Waals surface area contributed by atoms with Crippen molar-refractivity contribution in [2.24, 2.45) is 0 Å². The molecule has 1 aromatic heterocycles. The van der Waals surface area contributed by atoms with Crippen LogP contribution in [0.1, 0.15) is 43.7 Å². The number of carbonyl (C=O) groups excluding carboxylic acids is 3. The standard InChI is InChI=1S/C33H27FN2O6S/c1-4-16-41-32(40)30-20(3)35-33(43-30)36-27(22-10-12-23(34)13-11-22)26(29(38)31(36)39)28(37)25-15-14-24(17-19(25)2)42-18-21-8-6-5-7-9-21/h4-15,17,27,37H,1,16,18H2,2-3H3/b28-26-. The number of hydrogen-bond donors (Lipinski definition) is 1. The van der Waals surface area contributed by atoms with Gasteiger partial charge in [-0.25, -0.2) is 14.2 Å². The molecular formula is C33H27FN2O6S. The Bertz CT molecular complexity index is 1750. The second-order valence-corrected chi connectivity index (χ2v) is 10.7. The summed E-state index contributed by atoms with van der Waals surface area (Å²) in [6, 6.07) is 18.8. The minimum Gasteiger partial charge on any atom is -0.507 e. The zero-order chi connectivity index (χ0) is 30.7. The van der Waals surface area contributed by atoms with Crippen LogP contribution >= 0.6 is 11.3 Å². The minimum absolute atomic E-state index is 0.0129. The molecule has 10 heteroatoms. The topological polar surface area (TPSA) is 106 Å². The molecule has 1 N–H and O–H groups in total. The molecule has 0 aliphatic carbocycles. The van der Waals surface area contributed by atoms with Gasteiger partial charge in [-0.3, -0.25) is 14.5 Å². The zero-order valence-corrected chi connectivity index (χ0v) is 24.2. The molecule has 43 heavy (non-hydrogen) atoms. The van der Waals surface area contributed by atoms with E-state index in [1.807, 2.05) is 30.3 Å². The number of halogens is 1. The van der Waals surface area contributed by atoms with Gasteiger partial charge in [0.25, 0.3) is 5.78 Å². The Morgan fingerprint density at radius 1 is 1.09 bits per heavy atom. The number of thiazole rings is 1. The molecule has 0 bridgehead atoms. The lowest BCUT2D eigenvalue weighted by Crippen LogP contribution is -2.29. The van der Waals surface area contributed by atoms with Gasteiger partial charge in [0.1, 0.15) is 35.4 Å². The van der Waals surface area contributed by atoms with E-state index >= 15 is 0 Å². The summed E-state index contributed by atoms with van der Waals surface area (Å²) in [6.45, 7) is 7.19. The number of carbonyl (C=O) groups is 3. The average Bonchev–Trinajstić information content (AvgIpc) is 3.51. The van der Waals surface area contributed by atoms with Crippen LogP contribution in [0.25, 0.3) is 5.76 Å². The molecule has 1 saturated heterocycles. The van der Waals surface area contributed by atoms with Crippen molar-refractivity contribution in [2.45, 2.75) is 26.5 Å². The first kappa shape index (κ1) is 29.4. The average molecular weight is 599 g/mol. The highest BCUT2D eigenvalue weighted by molar-refractivity contribution is 7.17. The van der Waals surface area contributed by atoms with Crippen LogP contribution in [0, 0.1) is 19.7 Å². The van der Waals surface area contributed by atoms with E-state index in [-0.39, 0.29) is 22.2 Å². The van der Waals surface area contributed by atoms with E-state index < -0.39 is 35.3 Å². The number of anilines is 1. The number of ketones is 1. The third-order valence-corrected chi connectivity index (χ3v) is 7.98. The summed E-state index contributed by atoms with van der Waals surface area (Å²) in [5, 5.41) is 11.6. The van der Waals surface area contributed by atoms with Crippen LogP contribution in [0.2, 0.25) is 0 Å². The molecule has 1 atom stereocenters. The van der Waals surface area contributed by atoms with E-state index in [4.69, 9.17) is 9.47 Å². The normalized spacial score (nSPS) is 15.9. The predicted octanol–water partition coefficient (Wildman–Crippen LogP) is 6.45. The van der Waals surface area contributed by atoms with Crippen LogP contribution in [-0.4, -0.2) is 34.4 Å². The van der Waals surface area contributed by atoms with Crippen molar-refractivity contribution in [1.82, 2.24) is 4.98 Å². The van der Waals surface area contributed by atoms with Crippen molar-refractivity contribution in [3.63, 3.8) is 0 Å². The summed E-state index contributed by atoms with van der Waals surface area (Å²) in [5.74, 6) is -2.90. The van der Waals surface area contributed by atoms with Gasteiger partial charge in [-0.2, -0.15) is 0 Å². The Morgan fingerprint density at radius 2 is 1.81 bits per heavy atom. The number of benzene rings is 3. The lowest BCUT2D eigenvalue weighted by molar-refractivity contribution is -0.132. The van der Waals surface area contributed by atoms with Crippen molar-refractivity contribution in [3.05, 3.63) is 130 Å². The Balaban J connectivity index is 1.55. The van der Waals surface area contributed by atoms with E-state index in [0.29, 0.717) is 34.7 Å². The van der Waals surface area contributed by atoms with Crippen LogP contribution in [0.4, 0.5) is 9.52 Å². The monoisotopic (exact) mass is 598 g/mol. The number of rotatable bonds is 9. The maximum absolute atomic E-state index is 13.9. The number of esters is 1. The van der Waals surface area contributed by atoms with Crippen LogP contribution in [0.3, 0.4) is 0 Å². The maximum atomic E-state index is 13.9. The molecule has 0 radical (unpaired) electrons. The summed E-state index contributed by atoms with van der Waals surface area (Å²) in [6.07, 6.45) is 1.42. The molecule has 4 aromatic rings. The smallest absolute Gasteiger partial charge is 0.350 e. The fourth-order valence-corrected chi connectivity index (χ4v) is 5.73. The molecule has 1 aliphatic rings. The highest BCUT2D eigenvalue weighted by atomic mass is 32.1. The molecule has 1 fully saturated rings. The number of nitrogens with zero attached hydrogens (tertiary/aromatic N) is 2. The second-order valence-electron chi connectivity index (χ2n) is 9.77. The second kappa shape index (κ2) is 12.4. The predicted molar refractivity (Wildman–Crippen MR) is 160 cm³/mol. The van der Waals surface area contributed by atoms with Gasteiger partial charge in [0, 0.05) is 5.56 Å². The maximum Gasteiger partial charge on any atom is 0.350 e. The number of hydrogen-bond acceptors (Lipinski definition) is 8. The van der Waals surface area contributed by atoms with E-state index in [9.17, 15) is 23.9 Å². The van der Waals surface area contributed by atoms with Crippen LogP contribution in [0.15, 0.2) is 91.0 Å². The Morgan fingerprint density at radius 3 is 2.49 bits per heavy atom. The third-order valence-electron chi connectivity index (χ3n) is 6.84. The molecule has 3 aromatic carbocycles. The first-order valence-electron chi connectivity index (χ1n) is 13.3. The van der Waals surface area contributed by atoms with Crippen LogP contribution < -0.4 is 9.64 Å². The molecule has 1 amide bonds. The molecule has 8 nitrogen and oxygen atoms in total. The first-order valence-corrected chi connectivity index (χ1v) is 14.1. The largest absolute Gasteiger partial charge is 0.507 e. The van der Waals surface area contributed by atoms with Crippen molar-refractivity contribution in [2.75, 3.05) is 11.5 Å². The highest BCUT2D eigenvalue weighted by Gasteiger charge is 2.48. The van der Waals surface area contributed by atoms with Gasteiger partial charge in [-0.05, 0) is 60.9 Å². The lowest BCUT2D eigenvalue weighted by atomic mass is 9.94. The first-order chi connectivity index (χ1) is 20.7. The number of aryl methyl sites for hydroxylation is 2. The van der Waals surface area contributed by atoms with Crippen molar-refractivity contribution in [3.8, 4) is 5.75 Å². The quantitative estimate of drug-likeness (QED) is 0.0776. The fourth-order valence-electron chi connectivity index (χ4n) is 4.74. The van der Waals surface area contributed by atoms with Crippen LogP contribution in [0.5, 0.6) is 5.75 Å². The van der Waals surface area contributed by atoms with Gasteiger partial charge in [-0.1, -0.05) is 66.5 Å². The van der Waals surface area contributed by atoms with Crippen molar-refractivity contribution >= 4 is 39.9 Å². The summed E-state index contributed by atoms with van der Waals surface area (Å²) < 4.78 is 24.9. The van der Waals surface area contributed by atoms with E-state index in [1.165, 1.54) is 30.3 Å². The van der Waals surface area contributed by atoms with Gasteiger partial charge in [0.2, 0.25) is 0 Å². The molecule has 0 spiro atoms. The van der Waals surface area contributed by atoms with Gasteiger partial charge in [0.15, 0.2) is 5.13 Å². The number of aliphatic hydroxyl groups is 1. The summed E-state index contributed by atoms with van der Waals surface area (Å²) in [7, 11) is 0. The molecule has 0 saturated carbocycles. The molecule has 1 aliphatic heterocycles. The number of aromatic nitrogens is 1.